The van der Waals surface area contributed by atoms with Gasteiger partial charge < -0.3 is 10.0 Å². The van der Waals surface area contributed by atoms with Gasteiger partial charge in [0.25, 0.3) is 0 Å². The molecule has 1 aliphatic heterocycles. The smallest absolute Gasteiger partial charge is 0.339 e. The first-order valence-corrected chi connectivity index (χ1v) is 9.10. The van der Waals surface area contributed by atoms with Gasteiger partial charge in [-0.3, -0.25) is 4.68 Å². The van der Waals surface area contributed by atoms with Crippen LogP contribution in [0, 0.1) is 13.8 Å². The molecule has 1 N–H and O–H groups in total. The van der Waals surface area contributed by atoms with Crippen LogP contribution in [0.15, 0.2) is 48.5 Å². The summed E-state index contributed by atoms with van der Waals surface area (Å²) >= 11 is 0. The van der Waals surface area contributed by atoms with E-state index in [1.807, 2.05) is 37.3 Å². The van der Waals surface area contributed by atoms with Crippen LogP contribution >= 0.6 is 0 Å². The molecule has 0 spiro atoms. The van der Waals surface area contributed by atoms with Crippen molar-refractivity contribution in [1.29, 1.82) is 0 Å². The topological polar surface area (TPSA) is 71.2 Å². The molecule has 1 saturated heterocycles. The average Bonchev–Trinajstić information content (AvgIpc) is 3.28. The highest BCUT2D eigenvalue weighted by Gasteiger charge is 2.29. The SMILES string of the molecule is Cc1cc(C)n(C2CCN(c3nc(-c4ccccc4)ccc3C(=O)O)C2)n1. The first kappa shape index (κ1) is 17.3. The van der Waals surface area contributed by atoms with E-state index in [2.05, 4.69) is 27.7 Å². The minimum atomic E-state index is -0.952. The van der Waals surface area contributed by atoms with Crippen molar-refractivity contribution in [3.05, 3.63) is 65.5 Å². The number of benzene rings is 1. The lowest BCUT2D eigenvalue weighted by atomic mass is 10.1. The Balaban J connectivity index is 1.68. The number of aromatic nitrogens is 3. The molecule has 1 aromatic carbocycles. The number of aromatic carboxylic acids is 1. The Bertz CT molecular complexity index is 981. The lowest BCUT2D eigenvalue weighted by Crippen LogP contribution is -2.25. The molecule has 1 aliphatic rings. The van der Waals surface area contributed by atoms with E-state index in [0.29, 0.717) is 12.4 Å². The van der Waals surface area contributed by atoms with E-state index in [1.165, 1.54) is 0 Å². The average molecular weight is 362 g/mol. The minimum Gasteiger partial charge on any atom is -0.478 e. The second-order valence-corrected chi connectivity index (χ2v) is 7.00. The Morgan fingerprint density at radius 1 is 1.15 bits per heavy atom. The van der Waals surface area contributed by atoms with Gasteiger partial charge in [0.1, 0.15) is 11.4 Å². The van der Waals surface area contributed by atoms with Crippen molar-refractivity contribution in [1.82, 2.24) is 14.8 Å². The van der Waals surface area contributed by atoms with Gasteiger partial charge in [0.15, 0.2) is 0 Å². The summed E-state index contributed by atoms with van der Waals surface area (Å²) in [5.41, 5.74) is 4.13. The van der Waals surface area contributed by atoms with Crippen molar-refractivity contribution in [2.45, 2.75) is 26.3 Å². The molecule has 1 unspecified atom stereocenters. The van der Waals surface area contributed by atoms with Crippen molar-refractivity contribution in [2.24, 2.45) is 0 Å². The first-order chi connectivity index (χ1) is 13.0. The van der Waals surface area contributed by atoms with Crippen molar-refractivity contribution in [2.75, 3.05) is 18.0 Å². The number of aryl methyl sites for hydroxylation is 2. The van der Waals surface area contributed by atoms with Crippen LogP contribution in [0.5, 0.6) is 0 Å². The molecule has 0 bridgehead atoms. The first-order valence-electron chi connectivity index (χ1n) is 9.10. The molecule has 6 heteroatoms. The van der Waals surface area contributed by atoms with Gasteiger partial charge in [-0.1, -0.05) is 30.3 Å². The van der Waals surface area contributed by atoms with E-state index in [0.717, 1.165) is 35.6 Å². The fourth-order valence-corrected chi connectivity index (χ4v) is 3.78. The number of carboxylic acid groups (broad SMARTS) is 1. The molecule has 2 aromatic heterocycles. The molecule has 1 fully saturated rings. The summed E-state index contributed by atoms with van der Waals surface area (Å²) < 4.78 is 2.05. The number of pyridine rings is 1. The lowest BCUT2D eigenvalue weighted by Gasteiger charge is -2.21. The third kappa shape index (κ3) is 3.30. The molecule has 0 radical (unpaired) electrons. The zero-order valence-corrected chi connectivity index (χ0v) is 15.5. The molecule has 0 saturated carbocycles. The van der Waals surface area contributed by atoms with E-state index in [-0.39, 0.29) is 11.6 Å². The van der Waals surface area contributed by atoms with Crippen molar-refractivity contribution in [3.8, 4) is 11.3 Å². The standard InChI is InChI=1S/C21H22N4O2/c1-14-12-15(2)25(23-14)17-10-11-24(13-17)20-18(21(26)27)8-9-19(22-20)16-6-4-3-5-7-16/h3-9,12,17H,10-11,13H2,1-2H3,(H,26,27). The lowest BCUT2D eigenvalue weighted by molar-refractivity contribution is 0.0697. The molecule has 0 aliphatic carbocycles. The fraction of sp³-hybridized carbons (Fsp3) is 0.286. The quantitative estimate of drug-likeness (QED) is 0.766. The predicted octanol–water partition coefficient (Wildman–Crippen LogP) is 3.71. The molecule has 27 heavy (non-hydrogen) atoms. The molecule has 3 aromatic rings. The zero-order chi connectivity index (χ0) is 19.0. The molecule has 0 amide bonds. The maximum atomic E-state index is 11.8. The van der Waals surface area contributed by atoms with Crippen LogP contribution in [0.4, 0.5) is 5.82 Å². The third-order valence-corrected chi connectivity index (χ3v) is 5.03. The van der Waals surface area contributed by atoms with Crippen LogP contribution in [0.3, 0.4) is 0 Å². The van der Waals surface area contributed by atoms with Gasteiger partial charge in [0, 0.05) is 24.3 Å². The summed E-state index contributed by atoms with van der Waals surface area (Å²) in [5, 5.41) is 14.2. The number of hydrogen-bond acceptors (Lipinski definition) is 4. The summed E-state index contributed by atoms with van der Waals surface area (Å²) in [7, 11) is 0. The summed E-state index contributed by atoms with van der Waals surface area (Å²) in [6, 6.07) is 15.6. The monoisotopic (exact) mass is 362 g/mol. The third-order valence-electron chi connectivity index (χ3n) is 5.03. The van der Waals surface area contributed by atoms with Gasteiger partial charge >= 0.3 is 5.97 Å². The number of hydrogen-bond donors (Lipinski definition) is 1. The van der Waals surface area contributed by atoms with E-state index in [1.54, 1.807) is 12.1 Å². The molecule has 6 nitrogen and oxygen atoms in total. The molecule has 138 valence electrons. The number of rotatable bonds is 4. The number of nitrogens with zero attached hydrogens (tertiary/aromatic N) is 4. The van der Waals surface area contributed by atoms with E-state index in [4.69, 9.17) is 4.98 Å². The highest BCUT2D eigenvalue weighted by Crippen LogP contribution is 2.31. The predicted molar refractivity (Wildman–Crippen MR) is 104 cm³/mol. The highest BCUT2D eigenvalue weighted by atomic mass is 16.4. The molecule has 4 rings (SSSR count). The molecular weight excluding hydrogens is 340 g/mol. The van der Waals surface area contributed by atoms with Crippen LogP contribution in [0.25, 0.3) is 11.3 Å². The van der Waals surface area contributed by atoms with E-state index < -0.39 is 5.97 Å². The van der Waals surface area contributed by atoms with Gasteiger partial charge in [-0.05, 0) is 38.5 Å². The van der Waals surface area contributed by atoms with Crippen molar-refractivity contribution >= 4 is 11.8 Å². The van der Waals surface area contributed by atoms with Gasteiger partial charge in [0.05, 0.1) is 17.4 Å². The molecule has 1 atom stereocenters. The Hall–Kier alpha value is -3.15. The van der Waals surface area contributed by atoms with E-state index in [9.17, 15) is 9.90 Å². The van der Waals surface area contributed by atoms with E-state index >= 15 is 0 Å². The van der Waals surface area contributed by atoms with Crippen molar-refractivity contribution < 1.29 is 9.90 Å². The van der Waals surface area contributed by atoms with Crippen LogP contribution in [0.1, 0.15) is 34.2 Å². The largest absolute Gasteiger partial charge is 0.478 e. The van der Waals surface area contributed by atoms with Gasteiger partial charge in [-0.2, -0.15) is 5.10 Å². The zero-order valence-electron chi connectivity index (χ0n) is 15.5. The second-order valence-electron chi connectivity index (χ2n) is 7.00. The van der Waals surface area contributed by atoms with Crippen LogP contribution in [0.2, 0.25) is 0 Å². The number of anilines is 1. The van der Waals surface area contributed by atoms with Crippen molar-refractivity contribution in [3.63, 3.8) is 0 Å². The van der Waals surface area contributed by atoms with Gasteiger partial charge in [0.2, 0.25) is 0 Å². The van der Waals surface area contributed by atoms with Crippen LogP contribution in [-0.2, 0) is 0 Å². The van der Waals surface area contributed by atoms with Gasteiger partial charge in [-0.25, -0.2) is 9.78 Å². The molecule has 3 heterocycles. The molecular formula is C21H22N4O2. The fourth-order valence-electron chi connectivity index (χ4n) is 3.78. The number of carbonyl (C=O) groups is 1. The number of carboxylic acids is 1. The second kappa shape index (κ2) is 6.87. The van der Waals surface area contributed by atoms with Crippen LogP contribution < -0.4 is 4.90 Å². The normalized spacial score (nSPS) is 16.7. The highest BCUT2D eigenvalue weighted by molar-refractivity contribution is 5.94. The summed E-state index contributed by atoms with van der Waals surface area (Å²) in [4.78, 5) is 18.5. The summed E-state index contributed by atoms with van der Waals surface area (Å²) in [6.07, 6.45) is 0.915. The Labute approximate surface area is 158 Å². The maximum absolute atomic E-state index is 11.8. The Kier molecular flexibility index (Phi) is 4.39. The Morgan fingerprint density at radius 2 is 1.93 bits per heavy atom. The maximum Gasteiger partial charge on any atom is 0.339 e. The van der Waals surface area contributed by atoms with Gasteiger partial charge in [-0.15, -0.1) is 0 Å². The summed E-state index contributed by atoms with van der Waals surface area (Å²) in [5.74, 6) is -0.417. The Morgan fingerprint density at radius 3 is 2.59 bits per heavy atom. The minimum absolute atomic E-state index is 0.225. The summed E-state index contributed by atoms with van der Waals surface area (Å²) in [6.45, 7) is 5.51. The van der Waals surface area contributed by atoms with Crippen LogP contribution in [-0.4, -0.2) is 38.9 Å².